The molecule has 38 heavy (non-hydrogen) atoms. The highest BCUT2D eigenvalue weighted by Crippen LogP contribution is 2.35. The molecule has 2 fully saturated rings. The van der Waals surface area contributed by atoms with Gasteiger partial charge in [0, 0.05) is 78.2 Å². The molecular formula is C28H34N6O3S. The Bertz CT molecular complexity index is 1550. The van der Waals surface area contributed by atoms with Crippen LogP contribution >= 0.6 is 0 Å². The third kappa shape index (κ3) is 4.95. The van der Waals surface area contributed by atoms with E-state index in [1.807, 2.05) is 18.5 Å². The first-order chi connectivity index (χ1) is 18.4. The van der Waals surface area contributed by atoms with Gasteiger partial charge in [-0.2, -0.15) is 4.31 Å². The molecule has 0 spiro atoms. The van der Waals surface area contributed by atoms with Crippen LogP contribution in [0.2, 0.25) is 0 Å². The van der Waals surface area contributed by atoms with Crippen molar-refractivity contribution in [3.63, 3.8) is 0 Å². The van der Waals surface area contributed by atoms with Crippen LogP contribution in [0.15, 0.2) is 48.9 Å². The second-order valence-corrected chi connectivity index (χ2v) is 12.4. The summed E-state index contributed by atoms with van der Waals surface area (Å²) in [7, 11) is -1.44. The van der Waals surface area contributed by atoms with Crippen LogP contribution in [0.25, 0.3) is 33.1 Å². The van der Waals surface area contributed by atoms with Gasteiger partial charge < -0.3 is 15.0 Å². The Labute approximate surface area is 223 Å². The quantitative estimate of drug-likeness (QED) is 0.384. The predicted molar refractivity (Wildman–Crippen MR) is 151 cm³/mol. The summed E-state index contributed by atoms with van der Waals surface area (Å²) in [6.45, 7) is 2.84. The summed E-state index contributed by atoms with van der Waals surface area (Å²) in [6.07, 6.45) is 11.1. The fraction of sp³-hybridized carbons (Fsp3) is 0.429. The number of benzene rings is 1. The van der Waals surface area contributed by atoms with Gasteiger partial charge in [0.25, 0.3) is 0 Å². The number of H-pyrrole nitrogens is 1. The summed E-state index contributed by atoms with van der Waals surface area (Å²) in [5, 5.41) is 6.07. The van der Waals surface area contributed by atoms with Crippen LogP contribution in [0.3, 0.4) is 0 Å². The standard InChI is InChI=1S/C28H34N6O3S/c1-37-23-15-20(17-29-18-23)19-3-8-25-24(16-19)27-26(9-10-30-28(27)32-25)31-21-4-6-22(7-5-21)33-11-13-34(14-12-33)38(2,35)36/h3,8-10,15-18,21-22H,4-7,11-14H2,1-2H3,(H2,30,31,32). The van der Waals surface area contributed by atoms with E-state index in [4.69, 9.17) is 4.74 Å². The molecule has 1 aliphatic heterocycles. The summed E-state index contributed by atoms with van der Waals surface area (Å²) < 4.78 is 30.7. The van der Waals surface area contributed by atoms with E-state index in [2.05, 4.69) is 49.4 Å². The van der Waals surface area contributed by atoms with Crippen molar-refractivity contribution in [2.24, 2.45) is 0 Å². The van der Waals surface area contributed by atoms with Gasteiger partial charge in [0.1, 0.15) is 11.4 Å². The largest absolute Gasteiger partial charge is 0.495 e. The molecule has 1 saturated carbocycles. The molecular weight excluding hydrogens is 500 g/mol. The van der Waals surface area contributed by atoms with E-state index in [-0.39, 0.29) is 0 Å². The Balaban J connectivity index is 1.18. The van der Waals surface area contributed by atoms with Crippen LogP contribution in [0, 0.1) is 0 Å². The van der Waals surface area contributed by atoms with Crippen molar-refractivity contribution in [1.29, 1.82) is 0 Å². The maximum atomic E-state index is 11.8. The minimum atomic E-state index is -3.09. The lowest BCUT2D eigenvalue weighted by molar-refractivity contribution is 0.109. The Morgan fingerprint density at radius 2 is 1.79 bits per heavy atom. The van der Waals surface area contributed by atoms with Gasteiger partial charge in [0.2, 0.25) is 10.0 Å². The predicted octanol–water partition coefficient (Wildman–Crippen LogP) is 4.09. The molecule has 200 valence electrons. The van der Waals surface area contributed by atoms with Gasteiger partial charge in [-0.3, -0.25) is 9.88 Å². The summed E-state index contributed by atoms with van der Waals surface area (Å²) in [6, 6.07) is 11.4. The number of rotatable bonds is 6. The van der Waals surface area contributed by atoms with Gasteiger partial charge in [0.15, 0.2) is 0 Å². The molecule has 0 atom stereocenters. The van der Waals surface area contributed by atoms with Crippen molar-refractivity contribution in [3.8, 4) is 16.9 Å². The van der Waals surface area contributed by atoms with Crippen LogP contribution in [0.1, 0.15) is 25.7 Å². The monoisotopic (exact) mass is 534 g/mol. The van der Waals surface area contributed by atoms with E-state index >= 15 is 0 Å². The van der Waals surface area contributed by atoms with Gasteiger partial charge in [-0.25, -0.2) is 13.4 Å². The average molecular weight is 535 g/mol. The number of aromatic nitrogens is 3. The molecule has 3 aromatic heterocycles. The number of anilines is 1. The molecule has 1 aromatic carbocycles. The Morgan fingerprint density at radius 1 is 1.00 bits per heavy atom. The second kappa shape index (κ2) is 10.2. The number of sulfonamides is 1. The number of aromatic amines is 1. The van der Waals surface area contributed by atoms with Crippen LogP contribution in [-0.2, 0) is 10.0 Å². The summed E-state index contributed by atoms with van der Waals surface area (Å²) >= 11 is 0. The van der Waals surface area contributed by atoms with Crippen LogP contribution in [-0.4, -0.2) is 84.2 Å². The zero-order chi connectivity index (χ0) is 26.3. The van der Waals surface area contributed by atoms with Crippen molar-refractivity contribution in [1.82, 2.24) is 24.2 Å². The Morgan fingerprint density at radius 3 is 2.53 bits per heavy atom. The van der Waals surface area contributed by atoms with Crippen LogP contribution in [0.5, 0.6) is 5.75 Å². The number of pyridine rings is 2. The number of hydrogen-bond acceptors (Lipinski definition) is 7. The molecule has 1 saturated heterocycles. The summed E-state index contributed by atoms with van der Waals surface area (Å²) in [4.78, 5) is 14.9. The first-order valence-electron chi connectivity index (χ1n) is 13.2. The fourth-order valence-electron chi connectivity index (χ4n) is 6.01. The molecule has 0 unspecified atom stereocenters. The first kappa shape index (κ1) is 25.1. The lowest BCUT2D eigenvalue weighted by atomic mass is 9.89. The van der Waals surface area contributed by atoms with Gasteiger partial charge >= 0.3 is 0 Å². The van der Waals surface area contributed by atoms with Crippen molar-refractivity contribution < 1.29 is 13.2 Å². The molecule has 4 aromatic rings. The van der Waals surface area contributed by atoms with E-state index in [1.165, 1.54) is 6.26 Å². The van der Waals surface area contributed by atoms with E-state index < -0.39 is 10.0 Å². The normalized spacial score (nSPS) is 21.6. The van der Waals surface area contributed by atoms with Crippen LogP contribution in [0.4, 0.5) is 5.69 Å². The second-order valence-electron chi connectivity index (χ2n) is 10.4. The minimum Gasteiger partial charge on any atom is -0.495 e. The third-order valence-electron chi connectivity index (χ3n) is 8.09. The zero-order valence-corrected chi connectivity index (χ0v) is 22.7. The highest BCUT2D eigenvalue weighted by Gasteiger charge is 2.30. The highest BCUT2D eigenvalue weighted by atomic mass is 32.2. The smallest absolute Gasteiger partial charge is 0.211 e. The van der Waals surface area contributed by atoms with Gasteiger partial charge in [-0.1, -0.05) is 6.07 Å². The van der Waals surface area contributed by atoms with Gasteiger partial charge in [0.05, 0.1) is 19.6 Å². The number of nitrogens with one attached hydrogen (secondary N) is 2. The van der Waals surface area contributed by atoms with E-state index in [9.17, 15) is 8.42 Å². The van der Waals surface area contributed by atoms with E-state index in [1.54, 1.807) is 17.6 Å². The molecule has 4 heterocycles. The van der Waals surface area contributed by atoms with Crippen molar-refractivity contribution in [2.75, 3.05) is 44.9 Å². The fourth-order valence-corrected chi connectivity index (χ4v) is 6.84. The van der Waals surface area contributed by atoms with Gasteiger partial charge in [-0.15, -0.1) is 0 Å². The Hall–Kier alpha value is -3.21. The molecule has 0 radical (unpaired) electrons. The number of ether oxygens (including phenoxy) is 1. The summed E-state index contributed by atoms with van der Waals surface area (Å²) in [5.41, 5.74) is 5.12. The lowest BCUT2D eigenvalue weighted by Crippen LogP contribution is -2.52. The molecule has 9 nitrogen and oxygen atoms in total. The number of methoxy groups -OCH3 is 1. The molecule has 0 bridgehead atoms. The zero-order valence-electron chi connectivity index (χ0n) is 21.9. The highest BCUT2D eigenvalue weighted by molar-refractivity contribution is 7.88. The average Bonchev–Trinajstić information content (AvgIpc) is 3.32. The van der Waals surface area contributed by atoms with Crippen LogP contribution < -0.4 is 10.1 Å². The topological polar surface area (TPSA) is 103 Å². The first-order valence-corrected chi connectivity index (χ1v) is 15.1. The number of fused-ring (bicyclic) bond motifs is 3. The minimum absolute atomic E-state index is 0.393. The number of hydrogen-bond donors (Lipinski definition) is 2. The van der Waals surface area contributed by atoms with Crippen molar-refractivity contribution in [3.05, 3.63) is 48.9 Å². The van der Waals surface area contributed by atoms with E-state index in [0.717, 1.165) is 83.3 Å². The van der Waals surface area contributed by atoms with E-state index in [0.29, 0.717) is 25.2 Å². The molecule has 1 aliphatic carbocycles. The number of piperazine rings is 1. The lowest BCUT2D eigenvalue weighted by Gasteiger charge is -2.41. The van der Waals surface area contributed by atoms with Gasteiger partial charge in [-0.05, 0) is 55.5 Å². The molecule has 0 amide bonds. The number of nitrogens with zero attached hydrogens (tertiary/aromatic N) is 4. The molecule has 6 rings (SSSR count). The SMILES string of the molecule is COc1cncc(-c2ccc3[nH]c4nccc(NC5CCC(N6CCN(S(C)(=O)=O)CC6)CC5)c4c3c2)c1. The Kier molecular flexibility index (Phi) is 6.71. The molecule has 2 aliphatic rings. The molecule has 10 heteroatoms. The van der Waals surface area contributed by atoms with Crippen molar-refractivity contribution >= 4 is 37.6 Å². The third-order valence-corrected chi connectivity index (χ3v) is 9.39. The molecule has 2 N–H and O–H groups in total. The maximum Gasteiger partial charge on any atom is 0.211 e. The summed E-state index contributed by atoms with van der Waals surface area (Å²) in [5.74, 6) is 0.735. The maximum absolute atomic E-state index is 11.8. The van der Waals surface area contributed by atoms with Crippen molar-refractivity contribution in [2.45, 2.75) is 37.8 Å².